The van der Waals surface area contributed by atoms with Crippen molar-refractivity contribution in [2.24, 2.45) is 0 Å². The molecule has 5 heteroatoms. The monoisotopic (exact) mass is 332 g/mol. The smallest absolute Gasteiger partial charge is 0.0782 e. The standard InChI is InChI=1S/C17H36N2O2S/c1-7-8-9-19(12-15(20)13-22(6)21)14-10-16(2,3)18-17(4,5)11-14/h14-15,18,20H,7-13H2,1-6H3. The van der Waals surface area contributed by atoms with Crippen LogP contribution in [0.2, 0.25) is 0 Å². The van der Waals surface area contributed by atoms with Crippen LogP contribution >= 0.6 is 0 Å². The van der Waals surface area contributed by atoms with E-state index in [9.17, 15) is 9.32 Å². The van der Waals surface area contributed by atoms with E-state index in [1.165, 1.54) is 0 Å². The Kier molecular flexibility index (Phi) is 7.50. The van der Waals surface area contributed by atoms with E-state index in [1.807, 2.05) is 0 Å². The van der Waals surface area contributed by atoms with E-state index in [4.69, 9.17) is 0 Å². The maximum atomic E-state index is 11.4. The van der Waals surface area contributed by atoms with Gasteiger partial charge in [-0.1, -0.05) is 13.3 Å². The van der Waals surface area contributed by atoms with Crippen molar-refractivity contribution >= 4 is 10.8 Å². The first-order chi connectivity index (χ1) is 10.0. The van der Waals surface area contributed by atoms with Crippen LogP contribution < -0.4 is 5.32 Å². The van der Waals surface area contributed by atoms with Crippen molar-refractivity contribution in [3.8, 4) is 0 Å². The summed E-state index contributed by atoms with van der Waals surface area (Å²) < 4.78 is 11.4. The van der Waals surface area contributed by atoms with Crippen LogP contribution in [0, 0.1) is 0 Å². The van der Waals surface area contributed by atoms with Crippen LogP contribution in [-0.4, -0.2) is 62.5 Å². The molecule has 0 aromatic carbocycles. The molecule has 4 nitrogen and oxygen atoms in total. The van der Waals surface area contributed by atoms with Crippen molar-refractivity contribution < 1.29 is 9.32 Å². The Morgan fingerprint density at radius 2 is 1.82 bits per heavy atom. The molecule has 0 spiro atoms. The van der Waals surface area contributed by atoms with E-state index in [-0.39, 0.29) is 11.1 Å². The molecule has 1 rings (SSSR count). The Morgan fingerprint density at radius 1 is 1.27 bits per heavy atom. The van der Waals surface area contributed by atoms with Gasteiger partial charge >= 0.3 is 0 Å². The van der Waals surface area contributed by atoms with E-state index in [2.05, 4.69) is 44.8 Å². The van der Waals surface area contributed by atoms with Gasteiger partial charge in [0.25, 0.3) is 0 Å². The normalized spacial score (nSPS) is 24.4. The van der Waals surface area contributed by atoms with Gasteiger partial charge in [0.1, 0.15) is 0 Å². The summed E-state index contributed by atoms with van der Waals surface area (Å²) in [6.45, 7) is 12.9. The summed E-state index contributed by atoms with van der Waals surface area (Å²) in [4.78, 5) is 2.44. The number of aliphatic hydroxyl groups excluding tert-OH is 1. The number of rotatable bonds is 8. The number of hydrogen-bond acceptors (Lipinski definition) is 4. The maximum absolute atomic E-state index is 11.4. The molecular weight excluding hydrogens is 296 g/mol. The van der Waals surface area contributed by atoms with Crippen molar-refractivity contribution in [2.75, 3.05) is 25.1 Å². The molecule has 0 aliphatic carbocycles. The van der Waals surface area contributed by atoms with E-state index in [0.717, 1.165) is 32.2 Å². The van der Waals surface area contributed by atoms with Crippen LogP contribution in [0.5, 0.6) is 0 Å². The average Bonchev–Trinajstić information content (AvgIpc) is 2.29. The van der Waals surface area contributed by atoms with Crippen LogP contribution in [-0.2, 0) is 10.8 Å². The van der Waals surface area contributed by atoms with Crippen molar-refractivity contribution in [1.29, 1.82) is 0 Å². The zero-order chi connectivity index (χ0) is 17.0. The zero-order valence-corrected chi connectivity index (χ0v) is 16.1. The number of piperidine rings is 1. The van der Waals surface area contributed by atoms with Gasteiger partial charge in [-0.05, 0) is 53.5 Å². The highest BCUT2D eigenvalue weighted by atomic mass is 32.2. The van der Waals surface area contributed by atoms with Crippen molar-refractivity contribution in [1.82, 2.24) is 10.2 Å². The second kappa shape index (κ2) is 8.22. The van der Waals surface area contributed by atoms with Gasteiger partial charge in [-0.2, -0.15) is 0 Å². The van der Waals surface area contributed by atoms with Gasteiger partial charge in [0.15, 0.2) is 0 Å². The number of nitrogens with one attached hydrogen (secondary N) is 1. The fraction of sp³-hybridized carbons (Fsp3) is 1.00. The lowest BCUT2D eigenvalue weighted by atomic mass is 9.79. The van der Waals surface area contributed by atoms with Gasteiger partial charge in [0.05, 0.1) is 11.9 Å². The van der Waals surface area contributed by atoms with Crippen molar-refractivity contribution in [3.63, 3.8) is 0 Å². The van der Waals surface area contributed by atoms with Gasteiger partial charge in [-0.25, -0.2) is 0 Å². The third kappa shape index (κ3) is 7.07. The van der Waals surface area contributed by atoms with Crippen molar-refractivity contribution in [3.05, 3.63) is 0 Å². The Labute approximate surface area is 139 Å². The summed E-state index contributed by atoms with van der Waals surface area (Å²) in [5.41, 5.74) is 0.213. The van der Waals surface area contributed by atoms with Gasteiger partial charge in [-0.3, -0.25) is 9.11 Å². The fourth-order valence-electron chi connectivity index (χ4n) is 3.91. The Bertz CT molecular complexity index is 356. The molecule has 0 bridgehead atoms. The molecule has 1 saturated heterocycles. The maximum Gasteiger partial charge on any atom is 0.0782 e. The minimum atomic E-state index is -0.942. The highest BCUT2D eigenvalue weighted by Gasteiger charge is 2.40. The predicted molar refractivity (Wildman–Crippen MR) is 95.7 cm³/mol. The Balaban J connectivity index is 2.78. The Morgan fingerprint density at radius 3 is 2.27 bits per heavy atom. The summed E-state index contributed by atoms with van der Waals surface area (Å²) >= 11 is 0. The quantitative estimate of drug-likeness (QED) is 0.715. The van der Waals surface area contributed by atoms with Gasteiger partial charge in [0, 0.05) is 40.7 Å². The summed E-state index contributed by atoms with van der Waals surface area (Å²) in [5.74, 6) is 0.375. The van der Waals surface area contributed by atoms with Crippen LogP contribution in [0.1, 0.15) is 60.3 Å². The minimum Gasteiger partial charge on any atom is -0.391 e. The molecule has 2 atom stereocenters. The molecule has 1 aliphatic rings. The number of unbranched alkanes of at least 4 members (excludes halogenated alkanes) is 1. The summed E-state index contributed by atoms with van der Waals surface area (Å²) in [7, 11) is -0.942. The highest BCUT2D eigenvalue weighted by Crippen LogP contribution is 2.31. The molecule has 1 heterocycles. The van der Waals surface area contributed by atoms with Crippen LogP contribution in [0.15, 0.2) is 0 Å². The summed E-state index contributed by atoms with van der Waals surface area (Å²) in [5, 5.41) is 14.0. The molecule has 132 valence electrons. The van der Waals surface area contributed by atoms with E-state index in [0.29, 0.717) is 18.3 Å². The number of hydrogen-bond donors (Lipinski definition) is 2. The van der Waals surface area contributed by atoms with E-state index >= 15 is 0 Å². The van der Waals surface area contributed by atoms with Crippen molar-refractivity contribution in [2.45, 2.75) is 83.5 Å². The first-order valence-electron chi connectivity index (χ1n) is 8.56. The molecule has 0 amide bonds. The topological polar surface area (TPSA) is 52.6 Å². The third-order valence-electron chi connectivity index (χ3n) is 4.36. The molecular formula is C17H36N2O2S. The second-order valence-electron chi connectivity index (χ2n) is 8.20. The van der Waals surface area contributed by atoms with E-state index < -0.39 is 16.9 Å². The lowest BCUT2D eigenvalue weighted by Gasteiger charge is -2.50. The summed E-state index contributed by atoms with van der Waals surface area (Å²) in [6, 6.07) is 0.470. The fourth-order valence-corrected chi connectivity index (χ4v) is 4.55. The molecule has 22 heavy (non-hydrogen) atoms. The average molecular weight is 333 g/mol. The Hall–Kier alpha value is 0.0300. The molecule has 1 fully saturated rings. The molecule has 0 aromatic rings. The number of aliphatic hydroxyl groups is 1. The van der Waals surface area contributed by atoms with Crippen LogP contribution in [0.4, 0.5) is 0 Å². The molecule has 0 saturated carbocycles. The largest absolute Gasteiger partial charge is 0.391 e. The highest BCUT2D eigenvalue weighted by molar-refractivity contribution is 7.84. The van der Waals surface area contributed by atoms with E-state index in [1.54, 1.807) is 6.26 Å². The summed E-state index contributed by atoms with van der Waals surface area (Å²) in [6.07, 6.45) is 5.64. The van der Waals surface area contributed by atoms with Gasteiger partial charge in [-0.15, -0.1) is 0 Å². The first kappa shape index (κ1) is 20.1. The molecule has 0 radical (unpaired) electrons. The third-order valence-corrected chi connectivity index (χ3v) is 5.21. The van der Waals surface area contributed by atoms with Gasteiger partial charge < -0.3 is 10.4 Å². The second-order valence-corrected chi connectivity index (χ2v) is 9.68. The zero-order valence-electron chi connectivity index (χ0n) is 15.3. The molecule has 0 aromatic heterocycles. The first-order valence-corrected chi connectivity index (χ1v) is 10.3. The number of nitrogens with zero attached hydrogens (tertiary/aromatic N) is 1. The van der Waals surface area contributed by atoms with Crippen LogP contribution in [0.3, 0.4) is 0 Å². The minimum absolute atomic E-state index is 0.107. The molecule has 2 N–H and O–H groups in total. The SMILES string of the molecule is CCCCN(CC(O)CS(C)=O)C1CC(C)(C)NC(C)(C)C1. The lowest BCUT2D eigenvalue weighted by molar-refractivity contribution is 0.0369. The van der Waals surface area contributed by atoms with Gasteiger partial charge in [0.2, 0.25) is 0 Å². The van der Waals surface area contributed by atoms with Crippen LogP contribution in [0.25, 0.3) is 0 Å². The molecule has 1 aliphatic heterocycles. The lowest BCUT2D eigenvalue weighted by Crippen LogP contribution is -2.62. The molecule has 2 unspecified atom stereocenters. The predicted octanol–water partition coefficient (Wildman–Crippen LogP) is 2.14.